The maximum atomic E-state index is 11.4. The topological polar surface area (TPSA) is 79.5 Å². The van der Waals surface area contributed by atoms with Crippen molar-refractivity contribution in [3.8, 4) is 0 Å². The summed E-state index contributed by atoms with van der Waals surface area (Å²) in [4.78, 5) is 17.2. The summed E-state index contributed by atoms with van der Waals surface area (Å²) in [6, 6.07) is 7.00. The van der Waals surface area contributed by atoms with E-state index < -0.39 is 0 Å². The van der Waals surface area contributed by atoms with Crippen LogP contribution in [0.4, 0.5) is 11.4 Å². The van der Waals surface area contributed by atoms with Crippen molar-refractivity contribution < 1.29 is 10.0 Å². The van der Waals surface area contributed by atoms with Crippen molar-refractivity contribution in [2.24, 2.45) is 5.92 Å². The van der Waals surface area contributed by atoms with Crippen molar-refractivity contribution in [1.29, 1.82) is 0 Å². The highest BCUT2D eigenvalue weighted by Crippen LogP contribution is 2.37. The number of hydrogen-bond donors (Lipinski definition) is 1. The average molecular weight is 273 g/mol. The van der Waals surface area contributed by atoms with Gasteiger partial charge < -0.3 is 10.0 Å². The Bertz CT molecular complexity index is 659. The lowest BCUT2D eigenvalue weighted by molar-refractivity contribution is -0.382. The minimum Gasteiger partial charge on any atom is -0.396 e. The van der Waals surface area contributed by atoms with E-state index in [-0.39, 0.29) is 23.1 Å². The van der Waals surface area contributed by atoms with Gasteiger partial charge in [0.1, 0.15) is 5.69 Å². The molecule has 0 spiro atoms. The molecule has 1 N–H and O–H groups in total. The van der Waals surface area contributed by atoms with Gasteiger partial charge in [-0.2, -0.15) is 0 Å². The summed E-state index contributed by atoms with van der Waals surface area (Å²) in [5, 5.41) is 21.2. The fraction of sp³-hybridized carbons (Fsp3) is 0.357. The predicted molar refractivity (Wildman–Crippen MR) is 75.8 cm³/mol. The summed E-state index contributed by atoms with van der Waals surface area (Å²) < 4.78 is 0. The molecule has 0 amide bonds. The number of aliphatic hydroxyl groups is 1. The third kappa shape index (κ3) is 2.08. The molecule has 1 fully saturated rings. The van der Waals surface area contributed by atoms with E-state index in [1.54, 1.807) is 24.4 Å². The van der Waals surface area contributed by atoms with Gasteiger partial charge in [-0.25, -0.2) is 0 Å². The number of rotatable bonds is 3. The molecule has 0 radical (unpaired) electrons. The quantitative estimate of drug-likeness (QED) is 0.683. The van der Waals surface area contributed by atoms with Gasteiger partial charge in [0.05, 0.1) is 15.8 Å². The van der Waals surface area contributed by atoms with Gasteiger partial charge in [-0.1, -0.05) is 0 Å². The van der Waals surface area contributed by atoms with Crippen molar-refractivity contribution in [1.82, 2.24) is 4.98 Å². The first-order valence-electron chi connectivity index (χ1n) is 6.58. The van der Waals surface area contributed by atoms with Crippen LogP contribution in [0.2, 0.25) is 0 Å². The Kier molecular flexibility index (Phi) is 3.23. The monoisotopic (exact) mass is 273 g/mol. The van der Waals surface area contributed by atoms with Crippen LogP contribution >= 0.6 is 0 Å². The minimum atomic E-state index is -0.342. The number of hydrogen-bond acceptors (Lipinski definition) is 5. The van der Waals surface area contributed by atoms with E-state index in [9.17, 15) is 15.2 Å². The van der Waals surface area contributed by atoms with Crippen LogP contribution in [0.5, 0.6) is 0 Å². The Balaban J connectivity index is 2.11. The Morgan fingerprint density at radius 2 is 2.30 bits per heavy atom. The third-order valence-corrected chi connectivity index (χ3v) is 3.80. The van der Waals surface area contributed by atoms with Crippen LogP contribution in [0.25, 0.3) is 10.9 Å². The van der Waals surface area contributed by atoms with E-state index in [1.165, 1.54) is 0 Å². The van der Waals surface area contributed by atoms with Crippen LogP contribution < -0.4 is 4.90 Å². The van der Waals surface area contributed by atoms with Gasteiger partial charge in [-0.3, -0.25) is 15.1 Å². The van der Waals surface area contributed by atoms with Gasteiger partial charge in [0.15, 0.2) is 0 Å². The lowest BCUT2D eigenvalue weighted by atomic mass is 10.1. The SMILES string of the molecule is O=[N+]([O-])c1c(N2CCC(CO)C2)ccc2ncccc12. The Hall–Kier alpha value is -2.21. The van der Waals surface area contributed by atoms with Gasteiger partial charge in [-0.05, 0) is 30.7 Å². The van der Waals surface area contributed by atoms with Crippen molar-refractivity contribution in [3.05, 3.63) is 40.6 Å². The minimum absolute atomic E-state index is 0.106. The normalized spacial score (nSPS) is 18.6. The number of benzene rings is 1. The second-order valence-electron chi connectivity index (χ2n) is 5.04. The van der Waals surface area contributed by atoms with E-state index in [4.69, 9.17) is 0 Å². The fourth-order valence-corrected chi connectivity index (χ4v) is 2.77. The summed E-state index contributed by atoms with van der Waals surface area (Å²) in [5.74, 6) is 0.194. The largest absolute Gasteiger partial charge is 0.396 e. The highest BCUT2D eigenvalue weighted by Gasteiger charge is 2.28. The lowest BCUT2D eigenvalue weighted by Gasteiger charge is -2.19. The summed E-state index contributed by atoms with van der Waals surface area (Å²) in [6.07, 6.45) is 2.49. The van der Waals surface area contributed by atoms with Crippen molar-refractivity contribution in [2.75, 3.05) is 24.6 Å². The number of nitro benzene ring substituents is 1. The molecule has 2 aromatic rings. The van der Waals surface area contributed by atoms with Gasteiger partial charge in [0.2, 0.25) is 0 Å². The molecule has 1 aliphatic heterocycles. The summed E-state index contributed by atoms with van der Waals surface area (Å²) in [6.45, 7) is 1.51. The highest BCUT2D eigenvalue weighted by atomic mass is 16.6. The smallest absolute Gasteiger partial charge is 0.301 e. The van der Waals surface area contributed by atoms with E-state index in [1.807, 2.05) is 11.0 Å². The van der Waals surface area contributed by atoms with E-state index in [0.29, 0.717) is 23.1 Å². The van der Waals surface area contributed by atoms with Gasteiger partial charge in [0, 0.05) is 31.8 Å². The standard InChI is InChI=1S/C14H15N3O3/c18-9-10-5-7-16(8-10)13-4-3-12-11(2-1-6-15-12)14(13)17(19)20/h1-4,6,10,18H,5,7-9H2. The molecule has 6 nitrogen and oxygen atoms in total. The first kappa shape index (κ1) is 12.8. The molecule has 1 aromatic carbocycles. The van der Waals surface area contributed by atoms with Crippen molar-refractivity contribution >= 4 is 22.3 Å². The molecule has 1 aliphatic rings. The average Bonchev–Trinajstić information content (AvgIpc) is 2.94. The zero-order valence-electron chi connectivity index (χ0n) is 10.9. The molecular weight excluding hydrogens is 258 g/mol. The van der Waals surface area contributed by atoms with E-state index >= 15 is 0 Å². The Morgan fingerprint density at radius 1 is 1.45 bits per heavy atom. The molecule has 3 rings (SSSR count). The van der Waals surface area contributed by atoms with Crippen LogP contribution in [0.1, 0.15) is 6.42 Å². The first-order chi connectivity index (χ1) is 9.70. The highest BCUT2D eigenvalue weighted by molar-refractivity contribution is 5.94. The predicted octanol–water partition coefficient (Wildman–Crippen LogP) is 1.96. The molecule has 0 saturated carbocycles. The second kappa shape index (κ2) is 5.05. The molecule has 2 heterocycles. The maximum absolute atomic E-state index is 11.4. The number of pyridine rings is 1. The van der Waals surface area contributed by atoms with Gasteiger partial charge >= 0.3 is 5.69 Å². The Morgan fingerprint density at radius 3 is 3.00 bits per heavy atom. The van der Waals surface area contributed by atoms with Crippen LogP contribution in [-0.4, -0.2) is 34.7 Å². The molecule has 20 heavy (non-hydrogen) atoms. The number of nitro groups is 1. The third-order valence-electron chi connectivity index (χ3n) is 3.80. The molecule has 0 bridgehead atoms. The number of aliphatic hydroxyl groups excluding tert-OH is 1. The molecule has 1 unspecified atom stereocenters. The molecule has 1 aromatic heterocycles. The number of nitrogens with zero attached hydrogens (tertiary/aromatic N) is 3. The fourth-order valence-electron chi connectivity index (χ4n) is 2.77. The zero-order valence-corrected chi connectivity index (χ0v) is 10.9. The maximum Gasteiger partial charge on any atom is 0.301 e. The zero-order chi connectivity index (χ0) is 14.1. The van der Waals surface area contributed by atoms with Gasteiger partial charge in [-0.15, -0.1) is 0 Å². The molecule has 104 valence electrons. The van der Waals surface area contributed by atoms with Crippen molar-refractivity contribution in [2.45, 2.75) is 6.42 Å². The van der Waals surface area contributed by atoms with Gasteiger partial charge in [0.25, 0.3) is 0 Å². The number of anilines is 1. The molecule has 0 aliphatic carbocycles. The first-order valence-corrected chi connectivity index (χ1v) is 6.58. The van der Waals surface area contributed by atoms with Crippen LogP contribution in [0, 0.1) is 16.0 Å². The Labute approximate surface area is 115 Å². The number of fused-ring (bicyclic) bond motifs is 1. The van der Waals surface area contributed by atoms with E-state index in [0.717, 1.165) is 13.0 Å². The molecule has 1 atom stereocenters. The van der Waals surface area contributed by atoms with Crippen LogP contribution in [0.15, 0.2) is 30.5 Å². The van der Waals surface area contributed by atoms with Crippen LogP contribution in [-0.2, 0) is 0 Å². The molecule has 1 saturated heterocycles. The molecule has 6 heteroatoms. The molecular formula is C14H15N3O3. The summed E-state index contributed by atoms with van der Waals surface area (Å²) >= 11 is 0. The second-order valence-corrected chi connectivity index (χ2v) is 5.04. The summed E-state index contributed by atoms with van der Waals surface area (Å²) in [7, 11) is 0. The van der Waals surface area contributed by atoms with E-state index in [2.05, 4.69) is 4.98 Å². The lowest BCUT2D eigenvalue weighted by Crippen LogP contribution is -2.21. The number of aromatic nitrogens is 1. The van der Waals surface area contributed by atoms with Crippen LogP contribution in [0.3, 0.4) is 0 Å². The summed E-state index contributed by atoms with van der Waals surface area (Å²) in [5.41, 5.74) is 1.35. The van der Waals surface area contributed by atoms with Crippen molar-refractivity contribution in [3.63, 3.8) is 0 Å².